The van der Waals surface area contributed by atoms with Gasteiger partial charge in [-0.2, -0.15) is 0 Å². The van der Waals surface area contributed by atoms with E-state index < -0.39 is 0 Å². The molecule has 2 nitrogen and oxygen atoms in total. The van der Waals surface area contributed by atoms with Gasteiger partial charge in [0.25, 0.3) is 0 Å². The highest BCUT2D eigenvalue weighted by Crippen LogP contribution is 2.31. The fourth-order valence-electron chi connectivity index (χ4n) is 2.79. The Morgan fingerprint density at radius 3 is 2.13 bits per heavy atom. The Bertz CT molecular complexity index is 205. The van der Waals surface area contributed by atoms with Crippen LogP contribution in [0.5, 0.6) is 0 Å². The van der Waals surface area contributed by atoms with E-state index in [4.69, 9.17) is 0 Å². The molecule has 0 aromatic heterocycles. The van der Waals surface area contributed by atoms with E-state index >= 15 is 0 Å². The molecule has 0 radical (unpaired) electrons. The minimum Gasteiger partial charge on any atom is -0.309 e. The van der Waals surface area contributed by atoms with Crippen LogP contribution in [0.3, 0.4) is 0 Å². The predicted octanol–water partition coefficient (Wildman–Crippen LogP) is 2.64. The standard InChI is InChI=1S/C13H28N2/c1-7-13(8-2)9-14-12(5,6)10-15(13)11(3)4/h11,14H,7-10H2,1-6H3. The lowest BCUT2D eigenvalue weighted by atomic mass is 9.83. The zero-order chi connectivity index (χ0) is 11.7. The number of nitrogens with zero attached hydrogens (tertiary/aromatic N) is 1. The first kappa shape index (κ1) is 13.0. The molecule has 1 aliphatic heterocycles. The van der Waals surface area contributed by atoms with Crippen molar-refractivity contribution in [2.24, 2.45) is 0 Å². The highest BCUT2D eigenvalue weighted by atomic mass is 15.3. The summed E-state index contributed by atoms with van der Waals surface area (Å²) in [6.07, 6.45) is 2.48. The van der Waals surface area contributed by atoms with Crippen molar-refractivity contribution in [2.75, 3.05) is 13.1 Å². The lowest BCUT2D eigenvalue weighted by Gasteiger charge is -2.54. The molecule has 1 fully saturated rings. The first-order valence-corrected chi connectivity index (χ1v) is 6.38. The fraction of sp³-hybridized carbons (Fsp3) is 1.00. The van der Waals surface area contributed by atoms with E-state index in [2.05, 4.69) is 51.8 Å². The number of hydrogen-bond acceptors (Lipinski definition) is 2. The van der Waals surface area contributed by atoms with Gasteiger partial charge >= 0.3 is 0 Å². The molecule has 0 bridgehead atoms. The van der Waals surface area contributed by atoms with E-state index in [0.717, 1.165) is 13.1 Å². The Labute approximate surface area is 95.4 Å². The third-order valence-corrected chi connectivity index (χ3v) is 4.01. The summed E-state index contributed by atoms with van der Waals surface area (Å²) in [6.45, 7) is 16.2. The smallest absolute Gasteiger partial charge is 0.0332 e. The van der Waals surface area contributed by atoms with Gasteiger partial charge in [-0.15, -0.1) is 0 Å². The van der Waals surface area contributed by atoms with Gasteiger partial charge in [-0.05, 0) is 40.5 Å². The summed E-state index contributed by atoms with van der Waals surface area (Å²) in [4.78, 5) is 2.70. The molecule has 2 heteroatoms. The Balaban J connectivity index is 2.89. The maximum atomic E-state index is 3.69. The predicted molar refractivity (Wildman–Crippen MR) is 67.2 cm³/mol. The van der Waals surface area contributed by atoms with Crippen molar-refractivity contribution in [1.29, 1.82) is 0 Å². The van der Waals surface area contributed by atoms with Crippen molar-refractivity contribution in [1.82, 2.24) is 10.2 Å². The topological polar surface area (TPSA) is 15.3 Å². The summed E-state index contributed by atoms with van der Waals surface area (Å²) >= 11 is 0. The number of nitrogens with one attached hydrogen (secondary N) is 1. The first-order valence-electron chi connectivity index (χ1n) is 6.38. The van der Waals surface area contributed by atoms with Crippen molar-refractivity contribution in [3.8, 4) is 0 Å². The second kappa shape index (κ2) is 4.42. The van der Waals surface area contributed by atoms with Gasteiger partial charge in [0.2, 0.25) is 0 Å². The molecule has 0 aromatic carbocycles. The van der Waals surface area contributed by atoms with Crippen molar-refractivity contribution in [3.05, 3.63) is 0 Å². The van der Waals surface area contributed by atoms with Gasteiger partial charge in [-0.3, -0.25) is 4.90 Å². The summed E-state index contributed by atoms with van der Waals surface area (Å²) in [5, 5.41) is 3.69. The molecule has 1 heterocycles. The van der Waals surface area contributed by atoms with Crippen molar-refractivity contribution < 1.29 is 0 Å². The first-order chi connectivity index (χ1) is 6.87. The van der Waals surface area contributed by atoms with Crippen molar-refractivity contribution >= 4 is 0 Å². The number of rotatable bonds is 3. The summed E-state index contributed by atoms with van der Waals surface area (Å²) in [7, 11) is 0. The highest BCUT2D eigenvalue weighted by molar-refractivity contribution is 5.02. The largest absolute Gasteiger partial charge is 0.309 e. The van der Waals surface area contributed by atoms with E-state index in [1.54, 1.807) is 0 Å². The molecule has 0 aliphatic carbocycles. The minimum atomic E-state index is 0.262. The Kier molecular flexibility index (Phi) is 3.83. The summed E-state index contributed by atoms with van der Waals surface area (Å²) in [5.74, 6) is 0. The van der Waals surface area contributed by atoms with Gasteiger partial charge < -0.3 is 5.32 Å². The molecule has 1 aliphatic rings. The van der Waals surface area contributed by atoms with Gasteiger partial charge in [0.15, 0.2) is 0 Å². The van der Waals surface area contributed by atoms with Crippen molar-refractivity contribution in [2.45, 2.75) is 71.5 Å². The fourth-order valence-corrected chi connectivity index (χ4v) is 2.79. The van der Waals surface area contributed by atoms with Gasteiger partial charge in [-0.25, -0.2) is 0 Å². The monoisotopic (exact) mass is 212 g/mol. The zero-order valence-electron chi connectivity index (χ0n) is 11.4. The zero-order valence-corrected chi connectivity index (χ0v) is 11.4. The minimum absolute atomic E-state index is 0.262. The molecule has 1 saturated heterocycles. The maximum Gasteiger partial charge on any atom is 0.0332 e. The van der Waals surface area contributed by atoms with E-state index in [1.165, 1.54) is 12.8 Å². The third kappa shape index (κ3) is 2.54. The van der Waals surface area contributed by atoms with Crippen LogP contribution in [0.1, 0.15) is 54.4 Å². The quantitative estimate of drug-likeness (QED) is 0.773. The SMILES string of the molecule is CCC1(CC)CNC(C)(C)CN1C(C)C. The Hall–Kier alpha value is -0.0800. The van der Waals surface area contributed by atoms with E-state index in [9.17, 15) is 0 Å². The van der Waals surface area contributed by atoms with E-state index in [1.807, 2.05) is 0 Å². The van der Waals surface area contributed by atoms with Crippen molar-refractivity contribution in [3.63, 3.8) is 0 Å². The lowest BCUT2D eigenvalue weighted by molar-refractivity contribution is -0.0140. The summed E-state index contributed by atoms with van der Waals surface area (Å²) < 4.78 is 0. The molecule has 1 N–H and O–H groups in total. The third-order valence-electron chi connectivity index (χ3n) is 4.01. The van der Waals surface area contributed by atoms with Crippen LogP contribution in [0.25, 0.3) is 0 Å². The van der Waals surface area contributed by atoms with Crippen LogP contribution >= 0.6 is 0 Å². The Morgan fingerprint density at radius 2 is 1.73 bits per heavy atom. The molecule has 0 atom stereocenters. The second-order valence-corrected chi connectivity index (χ2v) is 5.89. The van der Waals surface area contributed by atoms with Crippen LogP contribution in [0, 0.1) is 0 Å². The normalized spacial score (nSPS) is 25.8. The van der Waals surface area contributed by atoms with Crippen LogP contribution < -0.4 is 5.32 Å². The molecule has 0 aromatic rings. The molecule has 90 valence electrons. The van der Waals surface area contributed by atoms with E-state index in [0.29, 0.717) is 11.6 Å². The molecule has 1 rings (SSSR count). The molecule has 0 unspecified atom stereocenters. The highest BCUT2D eigenvalue weighted by Gasteiger charge is 2.42. The van der Waals surface area contributed by atoms with Crippen LogP contribution in [0.2, 0.25) is 0 Å². The Morgan fingerprint density at radius 1 is 1.20 bits per heavy atom. The number of hydrogen-bond donors (Lipinski definition) is 1. The van der Waals surface area contributed by atoms with Gasteiger partial charge in [0.1, 0.15) is 0 Å². The van der Waals surface area contributed by atoms with E-state index in [-0.39, 0.29) is 5.54 Å². The van der Waals surface area contributed by atoms with Gasteiger partial charge in [0.05, 0.1) is 0 Å². The summed E-state index contributed by atoms with van der Waals surface area (Å²) in [5.41, 5.74) is 0.641. The lowest BCUT2D eigenvalue weighted by Crippen LogP contribution is -2.69. The number of piperazine rings is 1. The van der Waals surface area contributed by atoms with Crippen LogP contribution in [-0.4, -0.2) is 35.1 Å². The summed E-state index contributed by atoms with van der Waals surface area (Å²) in [6, 6.07) is 0.645. The average molecular weight is 212 g/mol. The maximum absolute atomic E-state index is 3.69. The average Bonchev–Trinajstić information content (AvgIpc) is 2.17. The molecule has 0 amide bonds. The molecular weight excluding hydrogens is 184 g/mol. The molecule has 0 saturated carbocycles. The van der Waals surface area contributed by atoms with Crippen LogP contribution in [-0.2, 0) is 0 Å². The van der Waals surface area contributed by atoms with Crippen LogP contribution in [0.15, 0.2) is 0 Å². The molecule has 0 spiro atoms. The van der Waals surface area contributed by atoms with Crippen LogP contribution in [0.4, 0.5) is 0 Å². The van der Waals surface area contributed by atoms with Gasteiger partial charge in [0, 0.05) is 30.2 Å². The van der Waals surface area contributed by atoms with Gasteiger partial charge in [-0.1, -0.05) is 13.8 Å². The molecular formula is C13H28N2. The second-order valence-electron chi connectivity index (χ2n) is 5.89. The molecule has 15 heavy (non-hydrogen) atoms.